The van der Waals surface area contributed by atoms with Gasteiger partial charge in [-0.15, -0.1) is 0 Å². The second-order valence-electron chi connectivity index (χ2n) is 5.35. The third kappa shape index (κ3) is 4.91. The van der Waals surface area contributed by atoms with E-state index in [1.54, 1.807) is 7.11 Å². The van der Waals surface area contributed by atoms with Crippen LogP contribution in [0.4, 0.5) is 4.39 Å². The molecule has 0 saturated carbocycles. The molecule has 2 aromatic carbocycles. The second-order valence-corrected chi connectivity index (χ2v) is 5.35. The summed E-state index contributed by atoms with van der Waals surface area (Å²) in [4.78, 5) is 24.0. The zero-order chi connectivity index (χ0) is 17.5. The number of halogens is 1. The quantitative estimate of drug-likeness (QED) is 0.575. The molecular formula is C19H19FO4. The van der Waals surface area contributed by atoms with Crippen molar-refractivity contribution >= 4 is 11.8 Å². The Balaban J connectivity index is 1.84. The van der Waals surface area contributed by atoms with Crippen molar-refractivity contribution in [2.45, 2.75) is 25.9 Å². The highest BCUT2D eigenvalue weighted by Crippen LogP contribution is 2.14. The lowest BCUT2D eigenvalue weighted by Crippen LogP contribution is -2.24. The first-order valence-corrected chi connectivity index (χ1v) is 7.62. The molecule has 0 aliphatic carbocycles. The fourth-order valence-electron chi connectivity index (χ4n) is 2.20. The molecule has 0 amide bonds. The minimum Gasteiger partial charge on any atom is -0.497 e. The third-order valence-corrected chi connectivity index (χ3v) is 3.58. The monoisotopic (exact) mass is 330 g/mol. The van der Waals surface area contributed by atoms with Gasteiger partial charge in [-0.3, -0.25) is 9.59 Å². The van der Waals surface area contributed by atoms with Gasteiger partial charge in [-0.05, 0) is 55.3 Å². The van der Waals surface area contributed by atoms with Crippen LogP contribution < -0.4 is 4.74 Å². The first-order chi connectivity index (χ1) is 11.5. The lowest BCUT2D eigenvalue weighted by molar-refractivity contribution is -0.146. The smallest absolute Gasteiger partial charge is 0.306 e. The zero-order valence-electron chi connectivity index (χ0n) is 13.6. The molecular weight excluding hydrogens is 311 g/mol. The van der Waals surface area contributed by atoms with Crippen LogP contribution >= 0.6 is 0 Å². The molecule has 126 valence electrons. The molecule has 0 saturated heterocycles. The number of methoxy groups -OCH3 is 1. The number of rotatable bonds is 7. The maximum atomic E-state index is 12.9. The number of benzene rings is 2. The Morgan fingerprint density at radius 3 is 2.25 bits per heavy atom. The predicted octanol–water partition coefficient (Wildman–Crippen LogP) is 3.58. The molecule has 0 N–H and O–H groups in total. The lowest BCUT2D eigenvalue weighted by atomic mass is 10.1. The first kappa shape index (κ1) is 17.7. The van der Waals surface area contributed by atoms with E-state index in [0.29, 0.717) is 12.0 Å². The number of Topliss-reactive ketones (excluding diaryl/α,β-unsaturated/α-hetero) is 1. The summed E-state index contributed by atoms with van der Waals surface area (Å²) in [5.74, 6) is -0.475. The Morgan fingerprint density at radius 2 is 1.67 bits per heavy atom. The topological polar surface area (TPSA) is 52.6 Å². The highest BCUT2D eigenvalue weighted by Gasteiger charge is 2.19. The summed E-state index contributed by atoms with van der Waals surface area (Å²) in [5, 5.41) is 0. The number of hydrogen-bond acceptors (Lipinski definition) is 4. The van der Waals surface area contributed by atoms with Gasteiger partial charge in [0.2, 0.25) is 5.78 Å². The highest BCUT2D eigenvalue weighted by atomic mass is 19.1. The van der Waals surface area contributed by atoms with Gasteiger partial charge < -0.3 is 9.47 Å². The van der Waals surface area contributed by atoms with E-state index in [4.69, 9.17) is 9.47 Å². The van der Waals surface area contributed by atoms with Crippen LogP contribution in [0.15, 0.2) is 48.5 Å². The van der Waals surface area contributed by atoms with Crippen LogP contribution in [0, 0.1) is 5.82 Å². The van der Waals surface area contributed by atoms with Gasteiger partial charge in [0.1, 0.15) is 11.6 Å². The van der Waals surface area contributed by atoms with Crippen LogP contribution in [0.1, 0.15) is 29.3 Å². The molecule has 24 heavy (non-hydrogen) atoms. The summed E-state index contributed by atoms with van der Waals surface area (Å²) in [7, 11) is 1.59. The standard InChI is InChI=1S/C19H19FO4/c1-13(19(22)15-6-8-16(20)9-7-15)24-18(21)12-5-14-3-10-17(23-2)11-4-14/h3-4,6-11,13H,5,12H2,1-2H3/t13-/m1/s1. The number of hydrogen-bond donors (Lipinski definition) is 0. The maximum absolute atomic E-state index is 12.9. The highest BCUT2D eigenvalue weighted by molar-refractivity contribution is 6.00. The van der Waals surface area contributed by atoms with Gasteiger partial charge in [-0.2, -0.15) is 0 Å². The van der Waals surface area contributed by atoms with E-state index in [2.05, 4.69) is 0 Å². The normalized spacial score (nSPS) is 11.6. The summed E-state index contributed by atoms with van der Waals surface area (Å²) >= 11 is 0. The van der Waals surface area contributed by atoms with E-state index in [9.17, 15) is 14.0 Å². The average molecular weight is 330 g/mol. The molecule has 2 rings (SSSR count). The molecule has 5 heteroatoms. The Hall–Kier alpha value is -2.69. The Bertz CT molecular complexity index is 692. The Kier molecular flexibility index (Phi) is 6.07. The van der Waals surface area contributed by atoms with Crippen molar-refractivity contribution in [3.8, 4) is 5.75 Å². The van der Waals surface area contributed by atoms with E-state index >= 15 is 0 Å². The van der Waals surface area contributed by atoms with Crippen molar-refractivity contribution in [2.24, 2.45) is 0 Å². The van der Waals surface area contributed by atoms with Crippen molar-refractivity contribution in [1.29, 1.82) is 0 Å². The van der Waals surface area contributed by atoms with Crippen LogP contribution in [0.25, 0.3) is 0 Å². The Morgan fingerprint density at radius 1 is 1.04 bits per heavy atom. The van der Waals surface area contributed by atoms with Crippen molar-refractivity contribution in [2.75, 3.05) is 7.11 Å². The van der Waals surface area contributed by atoms with E-state index in [1.807, 2.05) is 24.3 Å². The van der Waals surface area contributed by atoms with E-state index in [1.165, 1.54) is 31.2 Å². The summed E-state index contributed by atoms with van der Waals surface area (Å²) in [6.45, 7) is 1.51. The molecule has 0 aromatic heterocycles. The maximum Gasteiger partial charge on any atom is 0.306 e. The minimum atomic E-state index is -0.904. The van der Waals surface area contributed by atoms with Gasteiger partial charge >= 0.3 is 5.97 Å². The van der Waals surface area contributed by atoms with Gasteiger partial charge in [0.05, 0.1) is 7.11 Å². The van der Waals surface area contributed by atoms with Gasteiger partial charge in [-0.1, -0.05) is 12.1 Å². The summed E-state index contributed by atoms with van der Waals surface area (Å²) in [6.07, 6.45) is -0.216. The van der Waals surface area contributed by atoms with Gasteiger partial charge in [-0.25, -0.2) is 4.39 Å². The largest absolute Gasteiger partial charge is 0.497 e. The van der Waals surface area contributed by atoms with E-state index in [0.717, 1.165) is 11.3 Å². The lowest BCUT2D eigenvalue weighted by Gasteiger charge is -2.12. The molecule has 2 aromatic rings. The number of ketones is 1. The van der Waals surface area contributed by atoms with Crippen molar-refractivity contribution < 1.29 is 23.5 Å². The molecule has 0 aliphatic heterocycles. The van der Waals surface area contributed by atoms with E-state index in [-0.39, 0.29) is 12.2 Å². The summed E-state index contributed by atoms with van der Waals surface area (Å²) < 4.78 is 23.1. The fourth-order valence-corrected chi connectivity index (χ4v) is 2.20. The first-order valence-electron chi connectivity index (χ1n) is 7.62. The number of aryl methyl sites for hydroxylation is 1. The van der Waals surface area contributed by atoms with Crippen LogP contribution in [-0.2, 0) is 16.0 Å². The zero-order valence-corrected chi connectivity index (χ0v) is 13.6. The number of carbonyl (C=O) groups is 2. The number of ether oxygens (including phenoxy) is 2. The third-order valence-electron chi connectivity index (χ3n) is 3.58. The summed E-state index contributed by atoms with van der Waals surface area (Å²) in [6, 6.07) is 12.5. The molecule has 0 fully saturated rings. The molecule has 4 nitrogen and oxygen atoms in total. The molecule has 0 spiro atoms. The van der Waals surface area contributed by atoms with Crippen LogP contribution in [0.3, 0.4) is 0 Å². The molecule has 1 atom stereocenters. The van der Waals surface area contributed by atoms with Crippen LogP contribution in [-0.4, -0.2) is 25.0 Å². The SMILES string of the molecule is COc1ccc(CCC(=O)O[C@H](C)C(=O)c2ccc(F)cc2)cc1. The second kappa shape index (κ2) is 8.24. The predicted molar refractivity (Wildman–Crippen MR) is 87.6 cm³/mol. The van der Waals surface area contributed by atoms with Crippen molar-refractivity contribution in [1.82, 2.24) is 0 Å². The number of esters is 1. The molecule has 0 bridgehead atoms. The molecule has 0 radical (unpaired) electrons. The van der Waals surface area contributed by atoms with Crippen molar-refractivity contribution in [3.05, 3.63) is 65.5 Å². The van der Waals surface area contributed by atoms with E-state index < -0.39 is 17.9 Å². The van der Waals surface area contributed by atoms with Crippen molar-refractivity contribution in [3.63, 3.8) is 0 Å². The Labute approximate surface area is 140 Å². The average Bonchev–Trinajstić information content (AvgIpc) is 2.60. The molecule has 0 aliphatic rings. The molecule has 0 heterocycles. The fraction of sp³-hybridized carbons (Fsp3) is 0.263. The number of carbonyl (C=O) groups excluding carboxylic acids is 2. The van der Waals surface area contributed by atoms with Gasteiger partial charge in [0, 0.05) is 12.0 Å². The van der Waals surface area contributed by atoms with Gasteiger partial charge in [0.25, 0.3) is 0 Å². The minimum absolute atomic E-state index is 0.174. The van der Waals surface area contributed by atoms with Gasteiger partial charge in [0.15, 0.2) is 6.10 Å². The summed E-state index contributed by atoms with van der Waals surface area (Å²) in [5.41, 5.74) is 1.29. The molecule has 0 unspecified atom stereocenters. The van der Waals surface area contributed by atoms with Crippen LogP contribution in [0.2, 0.25) is 0 Å². The van der Waals surface area contributed by atoms with Crippen LogP contribution in [0.5, 0.6) is 5.75 Å².